The highest BCUT2D eigenvalue weighted by atomic mass is 32.1. The highest BCUT2D eigenvalue weighted by Crippen LogP contribution is 2.36. The van der Waals surface area contributed by atoms with Crippen molar-refractivity contribution < 1.29 is 13.2 Å². The maximum Gasteiger partial charge on any atom is 0.333 e. The predicted octanol–water partition coefficient (Wildman–Crippen LogP) is 2.95. The number of hydrogen-bond acceptors (Lipinski definition) is 5. The molecule has 2 aliphatic rings. The van der Waals surface area contributed by atoms with Crippen LogP contribution in [0.2, 0.25) is 0 Å². The van der Waals surface area contributed by atoms with E-state index in [1.807, 2.05) is 10.3 Å². The normalized spacial score (nSPS) is 21.1. The number of halogens is 3. The Morgan fingerprint density at radius 3 is 2.91 bits per heavy atom. The SMILES string of the molecule is FC1CC2=C(c3cnn(C(F)F)c3)CN=C(c3nccs3)N2C1. The first-order valence-electron chi connectivity index (χ1n) is 7.04. The van der Waals surface area contributed by atoms with Crippen molar-refractivity contribution in [3.8, 4) is 0 Å². The Morgan fingerprint density at radius 2 is 2.22 bits per heavy atom. The highest BCUT2D eigenvalue weighted by Gasteiger charge is 2.36. The first-order chi connectivity index (χ1) is 11.1. The third-order valence-corrected chi connectivity index (χ3v) is 4.65. The fourth-order valence-electron chi connectivity index (χ4n) is 2.90. The van der Waals surface area contributed by atoms with Gasteiger partial charge in [0.05, 0.1) is 19.3 Å². The third kappa shape index (κ3) is 2.44. The maximum atomic E-state index is 14.0. The molecule has 2 aromatic heterocycles. The second kappa shape index (κ2) is 5.48. The zero-order chi connectivity index (χ0) is 16.0. The summed E-state index contributed by atoms with van der Waals surface area (Å²) >= 11 is 1.44. The van der Waals surface area contributed by atoms with Crippen LogP contribution in [0.15, 0.2) is 34.7 Å². The molecule has 0 radical (unpaired) electrons. The van der Waals surface area contributed by atoms with Gasteiger partial charge in [-0.1, -0.05) is 0 Å². The van der Waals surface area contributed by atoms with Crippen LogP contribution in [0.5, 0.6) is 0 Å². The Labute approximate surface area is 133 Å². The third-order valence-electron chi connectivity index (χ3n) is 3.89. The molecule has 1 saturated heterocycles. The number of hydrogen-bond donors (Lipinski definition) is 0. The Hall–Kier alpha value is -2.16. The molecule has 9 heteroatoms. The van der Waals surface area contributed by atoms with Crippen LogP contribution >= 0.6 is 11.3 Å². The summed E-state index contributed by atoms with van der Waals surface area (Å²) in [6, 6.07) is 0. The van der Waals surface area contributed by atoms with E-state index in [0.717, 1.165) is 16.3 Å². The van der Waals surface area contributed by atoms with Gasteiger partial charge in [0.15, 0.2) is 10.8 Å². The number of nitrogens with zero attached hydrogens (tertiary/aromatic N) is 5. The average molecular weight is 339 g/mol. The highest BCUT2D eigenvalue weighted by molar-refractivity contribution is 7.11. The van der Waals surface area contributed by atoms with E-state index >= 15 is 0 Å². The van der Waals surface area contributed by atoms with Crippen LogP contribution in [0.4, 0.5) is 13.2 Å². The van der Waals surface area contributed by atoms with Gasteiger partial charge in [-0.05, 0) is 0 Å². The maximum absolute atomic E-state index is 14.0. The predicted molar refractivity (Wildman–Crippen MR) is 80.1 cm³/mol. The van der Waals surface area contributed by atoms with Gasteiger partial charge < -0.3 is 4.90 Å². The van der Waals surface area contributed by atoms with E-state index in [0.29, 0.717) is 22.6 Å². The molecule has 1 atom stereocenters. The molecule has 0 amide bonds. The van der Waals surface area contributed by atoms with Gasteiger partial charge in [-0.2, -0.15) is 13.9 Å². The number of alkyl halides is 3. The smallest absolute Gasteiger partial charge is 0.325 e. The number of aromatic nitrogens is 3. The summed E-state index contributed by atoms with van der Waals surface area (Å²) in [4.78, 5) is 10.5. The van der Waals surface area contributed by atoms with Gasteiger partial charge in [0.25, 0.3) is 0 Å². The van der Waals surface area contributed by atoms with Crippen molar-refractivity contribution in [2.75, 3.05) is 13.1 Å². The Bertz CT molecular complexity index is 780. The van der Waals surface area contributed by atoms with Crippen LogP contribution in [0.1, 0.15) is 23.5 Å². The molecule has 23 heavy (non-hydrogen) atoms. The molecule has 4 heterocycles. The van der Waals surface area contributed by atoms with Crippen LogP contribution in [0.3, 0.4) is 0 Å². The first kappa shape index (κ1) is 14.4. The molecule has 0 aliphatic carbocycles. The largest absolute Gasteiger partial charge is 0.333 e. The van der Waals surface area contributed by atoms with Crippen molar-refractivity contribution in [2.24, 2.45) is 4.99 Å². The van der Waals surface area contributed by atoms with E-state index < -0.39 is 12.7 Å². The zero-order valence-electron chi connectivity index (χ0n) is 11.9. The lowest BCUT2D eigenvalue weighted by atomic mass is 10.0. The number of rotatable bonds is 3. The molecular formula is C14H12F3N5S. The van der Waals surface area contributed by atoms with Gasteiger partial charge in [-0.3, -0.25) is 4.99 Å². The van der Waals surface area contributed by atoms with E-state index in [2.05, 4.69) is 15.1 Å². The number of thiazole rings is 1. The van der Waals surface area contributed by atoms with Crippen LogP contribution in [0.25, 0.3) is 5.57 Å². The molecule has 0 saturated carbocycles. The number of fused-ring (bicyclic) bond motifs is 1. The summed E-state index contributed by atoms with van der Waals surface area (Å²) < 4.78 is 40.0. The van der Waals surface area contributed by atoms with Crippen molar-refractivity contribution in [1.82, 2.24) is 19.7 Å². The van der Waals surface area contributed by atoms with Crippen LogP contribution in [-0.2, 0) is 0 Å². The minimum absolute atomic E-state index is 0.209. The van der Waals surface area contributed by atoms with Gasteiger partial charge in [-0.25, -0.2) is 14.1 Å². The van der Waals surface area contributed by atoms with E-state index in [1.165, 1.54) is 23.7 Å². The second-order valence-electron chi connectivity index (χ2n) is 5.30. The van der Waals surface area contributed by atoms with Gasteiger partial charge in [0.1, 0.15) is 6.17 Å². The van der Waals surface area contributed by atoms with Gasteiger partial charge >= 0.3 is 6.55 Å². The summed E-state index contributed by atoms with van der Waals surface area (Å²) in [5.41, 5.74) is 2.09. The monoisotopic (exact) mass is 339 g/mol. The minimum Gasteiger partial charge on any atom is -0.325 e. The van der Waals surface area contributed by atoms with Gasteiger partial charge in [0, 0.05) is 41.0 Å². The minimum atomic E-state index is -2.69. The van der Waals surface area contributed by atoms with Crippen molar-refractivity contribution in [1.29, 1.82) is 0 Å². The molecule has 5 nitrogen and oxygen atoms in total. The molecule has 0 N–H and O–H groups in total. The van der Waals surface area contributed by atoms with Crippen LogP contribution < -0.4 is 0 Å². The standard InChI is InChI=1S/C14H12F3N5S/c15-9-3-11-10(8-4-20-22(6-8)14(16)17)5-19-12(21(11)7-9)13-18-1-2-23-13/h1-2,4,6,9,14H,3,5,7H2. The summed E-state index contributed by atoms with van der Waals surface area (Å²) in [6.45, 7) is -2.18. The number of aliphatic imine (C=N–C) groups is 1. The van der Waals surface area contributed by atoms with Crippen molar-refractivity contribution in [2.45, 2.75) is 19.1 Å². The summed E-state index contributed by atoms with van der Waals surface area (Å²) in [7, 11) is 0. The van der Waals surface area contributed by atoms with Gasteiger partial charge in [0.2, 0.25) is 0 Å². The van der Waals surface area contributed by atoms with E-state index in [4.69, 9.17) is 0 Å². The Balaban J connectivity index is 1.73. The van der Waals surface area contributed by atoms with Crippen molar-refractivity contribution >= 4 is 22.7 Å². The summed E-state index contributed by atoms with van der Waals surface area (Å²) in [6.07, 6.45) is 3.58. The quantitative estimate of drug-likeness (QED) is 0.864. The van der Waals surface area contributed by atoms with E-state index in [1.54, 1.807) is 6.20 Å². The van der Waals surface area contributed by atoms with Crippen LogP contribution in [-0.4, -0.2) is 44.8 Å². The molecule has 120 valence electrons. The fourth-order valence-corrected chi connectivity index (χ4v) is 3.55. The zero-order valence-corrected chi connectivity index (χ0v) is 12.7. The Kier molecular flexibility index (Phi) is 3.44. The molecule has 1 fully saturated rings. The lowest BCUT2D eigenvalue weighted by molar-refractivity contribution is 0.0566. The first-order valence-corrected chi connectivity index (χ1v) is 7.92. The van der Waals surface area contributed by atoms with E-state index in [-0.39, 0.29) is 13.0 Å². The van der Waals surface area contributed by atoms with Crippen molar-refractivity contribution in [3.05, 3.63) is 40.2 Å². The number of amidine groups is 1. The molecule has 1 unspecified atom stereocenters. The lowest BCUT2D eigenvalue weighted by Gasteiger charge is -2.27. The molecule has 4 rings (SSSR count). The fraction of sp³-hybridized carbons (Fsp3) is 0.357. The molecular weight excluding hydrogens is 327 g/mol. The summed E-state index contributed by atoms with van der Waals surface area (Å²) in [5.74, 6) is 0.653. The molecule has 0 bridgehead atoms. The number of allylic oxidation sites excluding steroid dienone is 1. The van der Waals surface area contributed by atoms with Gasteiger partial charge in [-0.15, -0.1) is 11.3 Å². The van der Waals surface area contributed by atoms with Crippen LogP contribution in [0, 0.1) is 0 Å². The topological polar surface area (TPSA) is 46.3 Å². The molecule has 0 spiro atoms. The second-order valence-corrected chi connectivity index (χ2v) is 6.20. The average Bonchev–Trinajstić information content (AvgIpc) is 3.25. The molecule has 2 aliphatic heterocycles. The summed E-state index contributed by atoms with van der Waals surface area (Å²) in [5, 5.41) is 6.23. The van der Waals surface area contributed by atoms with Crippen molar-refractivity contribution in [3.63, 3.8) is 0 Å². The molecule has 0 aromatic carbocycles. The molecule has 2 aromatic rings. The van der Waals surface area contributed by atoms with E-state index in [9.17, 15) is 13.2 Å². The lowest BCUT2D eigenvalue weighted by Crippen LogP contribution is -2.32. The Morgan fingerprint density at radius 1 is 1.35 bits per heavy atom.